The van der Waals surface area contributed by atoms with E-state index in [1.807, 2.05) is 31.2 Å². The van der Waals surface area contributed by atoms with E-state index in [9.17, 15) is 9.59 Å². The highest BCUT2D eigenvalue weighted by molar-refractivity contribution is 5.94. The van der Waals surface area contributed by atoms with Crippen LogP contribution in [0, 0.1) is 0 Å². The summed E-state index contributed by atoms with van der Waals surface area (Å²) >= 11 is 0. The Morgan fingerprint density at radius 1 is 1.33 bits per heavy atom. The number of benzene rings is 1. The number of para-hydroxylation sites is 1. The van der Waals surface area contributed by atoms with Gasteiger partial charge in [0.2, 0.25) is 11.8 Å². The molecule has 2 amide bonds. The lowest BCUT2D eigenvalue weighted by Crippen LogP contribution is -2.55. The average Bonchev–Trinajstić information content (AvgIpc) is 3.19. The summed E-state index contributed by atoms with van der Waals surface area (Å²) < 4.78 is 5.39. The minimum Gasteiger partial charge on any atom is -0.496 e. The van der Waals surface area contributed by atoms with Crippen molar-refractivity contribution in [1.82, 2.24) is 10.2 Å². The molecule has 0 unspecified atom stereocenters. The van der Waals surface area contributed by atoms with Crippen LogP contribution in [-0.4, -0.2) is 35.4 Å². The summed E-state index contributed by atoms with van der Waals surface area (Å²) in [6.07, 6.45) is 5.42. The highest BCUT2D eigenvalue weighted by atomic mass is 16.5. The molecule has 0 bridgehead atoms. The molecule has 5 heteroatoms. The highest BCUT2D eigenvalue weighted by Gasteiger charge is 2.47. The fraction of sp³-hybridized carbons (Fsp3) is 0.579. The summed E-state index contributed by atoms with van der Waals surface area (Å²) in [6.45, 7) is 2.29. The van der Waals surface area contributed by atoms with Crippen molar-refractivity contribution in [3.8, 4) is 5.75 Å². The van der Waals surface area contributed by atoms with Gasteiger partial charge in [-0.2, -0.15) is 0 Å². The van der Waals surface area contributed by atoms with Gasteiger partial charge in [0.15, 0.2) is 0 Å². The van der Waals surface area contributed by atoms with Crippen LogP contribution in [-0.2, 0) is 16.1 Å². The molecule has 1 aliphatic carbocycles. The molecule has 1 aromatic rings. The lowest BCUT2D eigenvalue weighted by molar-refractivity contribution is -0.141. The lowest BCUT2D eigenvalue weighted by atomic mass is 9.96. The number of amides is 2. The molecule has 3 rings (SSSR count). The van der Waals surface area contributed by atoms with Gasteiger partial charge in [-0.3, -0.25) is 9.59 Å². The van der Waals surface area contributed by atoms with Crippen LogP contribution in [0.2, 0.25) is 0 Å². The molecule has 1 aliphatic heterocycles. The van der Waals surface area contributed by atoms with Gasteiger partial charge in [0.1, 0.15) is 11.3 Å². The molecule has 2 aliphatic rings. The molecule has 0 aromatic heterocycles. The van der Waals surface area contributed by atoms with Gasteiger partial charge in [-0.25, -0.2) is 0 Å². The summed E-state index contributed by atoms with van der Waals surface area (Å²) in [5, 5.41) is 3.16. The molecule has 1 aromatic carbocycles. The smallest absolute Gasteiger partial charge is 0.245 e. The van der Waals surface area contributed by atoms with Crippen LogP contribution in [0.5, 0.6) is 5.75 Å². The van der Waals surface area contributed by atoms with Crippen molar-refractivity contribution in [1.29, 1.82) is 0 Å². The summed E-state index contributed by atoms with van der Waals surface area (Å²) in [5.41, 5.74) is 0.149. The van der Waals surface area contributed by atoms with Gasteiger partial charge in [-0.05, 0) is 32.3 Å². The van der Waals surface area contributed by atoms with Gasteiger partial charge >= 0.3 is 0 Å². The zero-order valence-corrected chi connectivity index (χ0v) is 14.5. The number of nitrogens with zero attached hydrogens (tertiary/aromatic N) is 1. The summed E-state index contributed by atoms with van der Waals surface area (Å²) in [5.74, 6) is 0.760. The maximum absolute atomic E-state index is 12.9. The molecule has 0 spiro atoms. The number of methoxy groups -OCH3 is 1. The number of rotatable bonds is 5. The zero-order valence-electron chi connectivity index (χ0n) is 14.5. The van der Waals surface area contributed by atoms with E-state index in [4.69, 9.17) is 4.74 Å². The van der Waals surface area contributed by atoms with E-state index < -0.39 is 5.54 Å². The molecule has 1 saturated heterocycles. The van der Waals surface area contributed by atoms with Gasteiger partial charge in [-0.15, -0.1) is 0 Å². The minimum absolute atomic E-state index is 0.0184. The standard InChI is InChI=1S/C19H26N2O3/c1-19(18(23)20-15-8-4-5-9-15)12-11-17(22)21(19)13-14-7-3-6-10-16(14)24-2/h3,6-7,10,15H,4-5,8-9,11-13H2,1-2H3,(H,20,23)/t19-/m1/s1. The maximum atomic E-state index is 12.9. The second kappa shape index (κ2) is 6.83. The fourth-order valence-corrected chi connectivity index (χ4v) is 3.81. The van der Waals surface area contributed by atoms with E-state index in [1.165, 1.54) is 12.8 Å². The Morgan fingerprint density at radius 3 is 2.75 bits per heavy atom. The second-order valence-corrected chi connectivity index (χ2v) is 7.02. The number of ether oxygens (including phenoxy) is 1. The van der Waals surface area contributed by atoms with Crippen molar-refractivity contribution in [2.24, 2.45) is 0 Å². The van der Waals surface area contributed by atoms with Crippen LogP contribution in [0.15, 0.2) is 24.3 Å². The third kappa shape index (κ3) is 3.12. The third-order valence-corrected chi connectivity index (χ3v) is 5.42. The normalized spacial score (nSPS) is 24.4. The maximum Gasteiger partial charge on any atom is 0.245 e. The van der Waals surface area contributed by atoms with E-state index in [-0.39, 0.29) is 17.9 Å². The summed E-state index contributed by atoms with van der Waals surface area (Å²) in [7, 11) is 1.62. The first-order valence-corrected chi connectivity index (χ1v) is 8.78. The van der Waals surface area contributed by atoms with E-state index >= 15 is 0 Å². The first-order chi connectivity index (χ1) is 11.5. The van der Waals surface area contributed by atoms with Crippen molar-refractivity contribution in [3.63, 3.8) is 0 Å². The van der Waals surface area contributed by atoms with Gasteiger partial charge in [0, 0.05) is 18.0 Å². The molecule has 130 valence electrons. The Bertz CT molecular complexity index is 625. The molecular formula is C19H26N2O3. The van der Waals surface area contributed by atoms with Crippen LogP contribution in [0.4, 0.5) is 0 Å². The van der Waals surface area contributed by atoms with Gasteiger partial charge in [0.05, 0.1) is 13.7 Å². The fourth-order valence-electron chi connectivity index (χ4n) is 3.81. The van der Waals surface area contributed by atoms with Crippen molar-refractivity contribution in [2.75, 3.05) is 7.11 Å². The minimum atomic E-state index is -0.777. The van der Waals surface area contributed by atoms with Crippen LogP contribution >= 0.6 is 0 Å². The Labute approximate surface area is 143 Å². The van der Waals surface area contributed by atoms with E-state index in [0.29, 0.717) is 19.4 Å². The molecule has 2 fully saturated rings. The molecular weight excluding hydrogens is 304 g/mol. The number of nitrogens with one attached hydrogen (secondary N) is 1. The Kier molecular flexibility index (Phi) is 4.78. The first kappa shape index (κ1) is 16.8. The summed E-state index contributed by atoms with van der Waals surface area (Å²) in [6, 6.07) is 7.91. The highest BCUT2D eigenvalue weighted by Crippen LogP contribution is 2.34. The van der Waals surface area contributed by atoms with Crippen molar-refractivity contribution < 1.29 is 14.3 Å². The average molecular weight is 330 g/mol. The Balaban J connectivity index is 1.78. The number of carbonyl (C=O) groups excluding carboxylic acids is 2. The van der Waals surface area contributed by atoms with E-state index in [0.717, 1.165) is 24.2 Å². The molecule has 1 N–H and O–H groups in total. The quantitative estimate of drug-likeness (QED) is 0.903. The molecule has 1 heterocycles. The summed E-state index contributed by atoms with van der Waals surface area (Å²) in [4.78, 5) is 27.0. The largest absolute Gasteiger partial charge is 0.496 e. The third-order valence-electron chi connectivity index (χ3n) is 5.42. The van der Waals surface area contributed by atoms with Crippen LogP contribution < -0.4 is 10.1 Å². The molecule has 1 saturated carbocycles. The van der Waals surface area contributed by atoms with Crippen LogP contribution in [0.25, 0.3) is 0 Å². The lowest BCUT2D eigenvalue weighted by Gasteiger charge is -2.35. The predicted molar refractivity (Wildman–Crippen MR) is 91.6 cm³/mol. The zero-order chi connectivity index (χ0) is 17.2. The van der Waals surface area contributed by atoms with E-state index in [1.54, 1.807) is 12.0 Å². The van der Waals surface area contributed by atoms with Crippen LogP contribution in [0.3, 0.4) is 0 Å². The van der Waals surface area contributed by atoms with Crippen molar-refractivity contribution in [3.05, 3.63) is 29.8 Å². The van der Waals surface area contributed by atoms with Gasteiger partial charge < -0.3 is 15.0 Å². The Hall–Kier alpha value is -2.04. The Morgan fingerprint density at radius 2 is 2.04 bits per heavy atom. The molecule has 5 nitrogen and oxygen atoms in total. The van der Waals surface area contributed by atoms with Gasteiger partial charge in [-0.1, -0.05) is 31.0 Å². The second-order valence-electron chi connectivity index (χ2n) is 7.02. The molecule has 1 atom stereocenters. The first-order valence-electron chi connectivity index (χ1n) is 8.78. The monoisotopic (exact) mass is 330 g/mol. The topological polar surface area (TPSA) is 58.6 Å². The molecule has 0 radical (unpaired) electrons. The number of likely N-dealkylation sites (tertiary alicyclic amines) is 1. The van der Waals surface area contributed by atoms with Crippen molar-refractivity contribution >= 4 is 11.8 Å². The van der Waals surface area contributed by atoms with Crippen LogP contribution in [0.1, 0.15) is 51.0 Å². The predicted octanol–water partition coefficient (Wildman–Crippen LogP) is 2.64. The van der Waals surface area contributed by atoms with E-state index in [2.05, 4.69) is 5.32 Å². The van der Waals surface area contributed by atoms with Crippen molar-refractivity contribution in [2.45, 2.75) is 63.6 Å². The number of hydrogen-bond acceptors (Lipinski definition) is 3. The number of carbonyl (C=O) groups is 2. The van der Waals surface area contributed by atoms with Gasteiger partial charge in [0.25, 0.3) is 0 Å². The number of hydrogen-bond donors (Lipinski definition) is 1. The SMILES string of the molecule is COc1ccccc1CN1C(=O)CC[C@]1(C)C(=O)NC1CCCC1. The molecule has 24 heavy (non-hydrogen) atoms.